The molecule has 1 aliphatic rings. The molecule has 1 fully saturated rings. The van der Waals surface area contributed by atoms with E-state index in [-0.39, 0.29) is 5.66 Å². The molecule has 3 nitrogen and oxygen atoms in total. The molecule has 0 aromatic heterocycles. The lowest BCUT2D eigenvalue weighted by Crippen LogP contribution is -2.86. The zero-order chi connectivity index (χ0) is 7.61. The molecule has 0 saturated carbocycles. The van der Waals surface area contributed by atoms with E-state index in [4.69, 9.17) is 0 Å². The van der Waals surface area contributed by atoms with Gasteiger partial charge in [0, 0.05) is 25.2 Å². The standard InChI is InChI=1S/C6H14NO2P/c1-10(8,9)6-2-4-7-5-3-6/h6-7H,2-5H2,1H3,(H,8,9)/p+1. The summed E-state index contributed by atoms with van der Waals surface area (Å²) in [6.45, 7) is 3.51. The van der Waals surface area contributed by atoms with Gasteiger partial charge in [0.05, 0.1) is 13.1 Å². The van der Waals surface area contributed by atoms with Crippen LogP contribution in [0, 0.1) is 0 Å². The van der Waals surface area contributed by atoms with Gasteiger partial charge >= 0.3 is 0 Å². The van der Waals surface area contributed by atoms with Gasteiger partial charge in [0.15, 0.2) is 0 Å². The van der Waals surface area contributed by atoms with Crippen molar-refractivity contribution in [3.05, 3.63) is 0 Å². The third kappa shape index (κ3) is 2.08. The van der Waals surface area contributed by atoms with Crippen molar-refractivity contribution in [1.82, 2.24) is 0 Å². The Morgan fingerprint density at radius 1 is 1.50 bits per heavy atom. The first kappa shape index (κ1) is 8.25. The van der Waals surface area contributed by atoms with Crippen LogP contribution in [0.1, 0.15) is 12.8 Å². The van der Waals surface area contributed by atoms with Gasteiger partial charge in [-0.2, -0.15) is 0 Å². The first-order valence-corrected chi connectivity index (χ1v) is 5.90. The van der Waals surface area contributed by atoms with Gasteiger partial charge in [0.25, 0.3) is 0 Å². The highest BCUT2D eigenvalue weighted by molar-refractivity contribution is 7.57. The Kier molecular flexibility index (Phi) is 2.50. The summed E-state index contributed by atoms with van der Waals surface area (Å²) in [5, 5.41) is 2.20. The molecule has 1 unspecified atom stereocenters. The number of nitrogens with two attached hydrogens (primary N) is 1. The van der Waals surface area contributed by atoms with E-state index in [0.29, 0.717) is 0 Å². The van der Waals surface area contributed by atoms with E-state index < -0.39 is 7.37 Å². The van der Waals surface area contributed by atoms with E-state index >= 15 is 0 Å². The van der Waals surface area contributed by atoms with Gasteiger partial charge < -0.3 is 10.2 Å². The summed E-state index contributed by atoms with van der Waals surface area (Å²) in [7, 11) is -2.76. The molecule has 60 valence electrons. The average Bonchev–Trinajstić information content (AvgIpc) is 1.88. The van der Waals surface area contributed by atoms with Crippen LogP contribution in [0.2, 0.25) is 0 Å². The Morgan fingerprint density at radius 2 is 2.00 bits per heavy atom. The monoisotopic (exact) mass is 164 g/mol. The van der Waals surface area contributed by atoms with Gasteiger partial charge in [0.1, 0.15) is 0 Å². The van der Waals surface area contributed by atoms with Crippen molar-refractivity contribution in [2.24, 2.45) is 0 Å². The lowest BCUT2D eigenvalue weighted by molar-refractivity contribution is -0.661. The van der Waals surface area contributed by atoms with Gasteiger partial charge in [-0.3, -0.25) is 4.57 Å². The quantitative estimate of drug-likeness (QED) is 0.519. The minimum atomic E-state index is -2.76. The molecule has 1 aliphatic heterocycles. The second-order valence-corrected chi connectivity index (χ2v) is 5.66. The summed E-state index contributed by atoms with van der Waals surface area (Å²) < 4.78 is 11.1. The van der Waals surface area contributed by atoms with Crippen molar-refractivity contribution in [1.29, 1.82) is 0 Å². The van der Waals surface area contributed by atoms with E-state index in [1.807, 2.05) is 0 Å². The molecule has 0 radical (unpaired) electrons. The largest absolute Gasteiger partial charge is 0.346 e. The van der Waals surface area contributed by atoms with Crippen molar-refractivity contribution in [2.45, 2.75) is 18.5 Å². The van der Waals surface area contributed by atoms with Gasteiger partial charge in [-0.1, -0.05) is 0 Å². The SMILES string of the molecule is CP(=O)(O)C1CC[NH2+]CC1. The molecule has 1 atom stereocenters. The Bertz CT molecular complexity index is 148. The summed E-state index contributed by atoms with van der Waals surface area (Å²) in [6, 6.07) is 0. The van der Waals surface area contributed by atoms with E-state index in [9.17, 15) is 9.46 Å². The molecule has 0 aromatic carbocycles. The predicted octanol–water partition coefficient (Wildman–Crippen LogP) is -0.388. The van der Waals surface area contributed by atoms with Crippen molar-refractivity contribution in [3.63, 3.8) is 0 Å². The zero-order valence-corrected chi connectivity index (χ0v) is 7.18. The van der Waals surface area contributed by atoms with Crippen LogP contribution < -0.4 is 5.32 Å². The molecule has 3 N–H and O–H groups in total. The molecule has 0 aliphatic carbocycles. The molecule has 1 heterocycles. The van der Waals surface area contributed by atoms with Crippen LogP contribution in [-0.4, -0.2) is 30.3 Å². The fraction of sp³-hybridized carbons (Fsp3) is 1.00. The molecular weight excluding hydrogens is 149 g/mol. The smallest absolute Gasteiger partial charge is 0.201 e. The topological polar surface area (TPSA) is 53.9 Å². The Hall–Kier alpha value is 0.150. The molecule has 1 rings (SSSR count). The lowest BCUT2D eigenvalue weighted by Gasteiger charge is -2.22. The van der Waals surface area contributed by atoms with Crippen LogP contribution in [0.3, 0.4) is 0 Å². The normalized spacial score (nSPS) is 27.8. The van der Waals surface area contributed by atoms with Crippen LogP contribution in [0.4, 0.5) is 0 Å². The second kappa shape index (κ2) is 3.04. The Morgan fingerprint density at radius 3 is 2.30 bits per heavy atom. The minimum Gasteiger partial charge on any atom is -0.346 e. The number of rotatable bonds is 1. The number of hydrogen-bond acceptors (Lipinski definition) is 1. The summed E-state index contributed by atoms with van der Waals surface area (Å²) in [5.41, 5.74) is 0.0810. The molecular formula is C6H15NO2P+. The molecule has 0 aromatic rings. The average molecular weight is 164 g/mol. The third-order valence-corrected chi connectivity index (χ3v) is 3.96. The van der Waals surface area contributed by atoms with Crippen LogP contribution in [0.5, 0.6) is 0 Å². The Balaban J connectivity index is 2.47. The van der Waals surface area contributed by atoms with Gasteiger partial charge in [-0.15, -0.1) is 0 Å². The van der Waals surface area contributed by atoms with E-state index in [1.165, 1.54) is 6.66 Å². The second-order valence-electron chi connectivity index (χ2n) is 3.04. The van der Waals surface area contributed by atoms with E-state index in [2.05, 4.69) is 5.32 Å². The maximum atomic E-state index is 11.1. The summed E-state index contributed by atoms with van der Waals surface area (Å²) in [5.74, 6) is 0. The van der Waals surface area contributed by atoms with E-state index in [1.54, 1.807) is 0 Å². The summed E-state index contributed by atoms with van der Waals surface area (Å²) in [4.78, 5) is 9.18. The molecule has 10 heavy (non-hydrogen) atoms. The summed E-state index contributed by atoms with van der Waals surface area (Å²) >= 11 is 0. The third-order valence-electron chi connectivity index (χ3n) is 2.09. The van der Waals surface area contributed by atoms with Crippen molar-refractivity contribution >= 4 is 7.37 Å². The van der Waals surface area contributed by atoms with Crippen molar-refractivity contribution < 1.29 is 14.8 Å². The minimum absolute atomic E-state index is 0.0810. The molecule has 4 heteroatoms. The molecule has 0 amide bonds. The maximum Gasteiger partial charge on any atom is 0.201 e. The molecule has 0 spiro atoms. The lowest BCUT2D eigenvalue weighted by atomic mass is 10.2. The highest BCUT2D eigenvalue weighted by atomic mass is 31.2. The highest BCUT2D eigenvalue weighted by Crippen LogP contribution is 2.45. The van der Waals surface area contributed by atoms with Crippen LogP contribution in [-0.2, 0) is 4.57 Å². The maximum absolute atomic E-state index is 11.1. The van der Waals surface area contributed by atoms with Crippen molar-refractivity contribution in [3.8, 4) is 0 Å². The number of quaternary nitrogens is 1. The van der Waals surface area contributed by atoms with Crippen LogP contribution in [0.25, 0.3) is 0 Å². The molecule has 1 saturated heterocycles. The van der Waals surface area contributed by atoms with Gasteiger partial charge in [0.2, 0.25) is 7.37 Å². The number of piperidine rings is 1. The fourth-order valence-electron chi connectivity index (χ4n) is 1.39. The van der Waals surface area contributed by atoms with E-state index in [0.717, 1.165) is 25.9 Å². The molecule has 0 bridgehead atoms. The first-order chi connectivity index (χ1) is 4.61. The van der Waals surface area contributed by atoms with Gasteiger partial charge in [-0.05, 0) is 0 Å². The Labute approximate surface area is 61.3 Å². The van der Waals surface area contributed by atoms with Gasteiger partial charge in [-0.25, -0.2) is 0 Å². The van der Waals surface area contributed by atoms with Crippen LogP contribution >= 0.6 is 7.37 Å². The fourth-order valence-corrected chi connectivity index (χ4v) is 2.64. The first-order valence-electron chi connectivity index (χ1n) is 3.72. The number of hydrogen-bond donors (Lipinski definition) is 2. The summed E-state index contributed by atoms with van der Waals surface area (Å²) in [6.07, 6.45) is 1.81. The highest BCUT2D eigenvalue weighted by Gasteiger charge is 2.28. The predicted molar refractivity (Wildman–Crippen MR) is 40.4 cm³/mol. The van der Waals surface area contributed by atoms with Crippen molar-refractivity contribution in [2.75, 3.05) is 19.8 Å². The zero-order valence-electron chi connectivity index (χ0n) is 6.29. The van der Waals surface area contributed by atoms with Crippen LogP contribution in [0.15, 0.2) is 0 Å².